The molecule has 1 aromatic carbocycles. The summed E-state index contributed by atoms with van der Waals surface area (Å²) in [6, 6.07) is 9.59. The molecule has 0 aliphatic heterocycles. The highest BCUT2D eigenvalue weighted by Crippen LogP contribution is 2.59. The summed E-state index contributed by atoms with van der Waals surface area (Å²) in [5.74, 6) is 0.279. The van der Waals surface area contributed by atoms with E-state index in [-0.39, 0.29) is 17.2 Å². The van der Waals surface area contributed by atoms with E-state index in [0.29, 0.717) is 11.0 Å². The molecule has 2 unspecified atom stereocenters. The molecule has 1 aliphatic rings. The van der Waals surface area contributed by atoms with Crippen molar-refractivity contribution in [3.63, 3.8) is 0 Å². The second kappa shape index (κ2) is 5.98. The van der Waals surface area contributed by atoms with Gasteiger partial charge >= 0.3 is 0 Å². The van der Waals surface area contributed by atoms with E-state index in [0.717, 1.165) is 5.69 Å². The highest BCUT2D eigenvalue weighted by atomic mass is 32.1. The standard InChI is InChI=1S/C17H22N2OS/c1-11(2)10-13-14(17(13,3)4)15(20)19-16(21)18-12-8-6-5-7-9-12/h5-10,13-14H,1-4H3,(H2,18,19,20,21). The number of benzene rings is 1. The van der Waals surface area contributed by atoms with E-state index in [1.165, 1.54) is 5.57 Å². The molecule has 1 saturated carbocycles. The third kappa shape index (κ3) is 3.70. The summed E-state index contributed by atoms with van der Waals surface area (Å²) in [6.45, 7) is 8.36. The molecule has 1 amide bonds. The van der Waals surface area contributed by atoms with Crippen molar-refractivity contribution in [2.45, 2.75) is 27.7 Å². The van der Waals surface area contributed by atoms with Crippen LogP contribution in [0.2, 0.25) is 0 Å². The third-order valence-corrected chi connectivity index (χ3v) is 4.18. The first-order chi connectivity index (χ1) is 9.82. The summed E-state index contributed by atoms with van der Waals surface area (Å²) >= 11 is 5.20. The fraction of sp³-hybridized carbons (Fsp3) is 0.412. The Kier molecular flexibility index (Phi) is 4.47. The van der Waals surface area contributed by atoms with Crippen LogP contribution in [0.3, 0.4) is 0 Å². The molecule has 0 saturated heterocycles. The monoisotopic (exact) mass is 302 g/mol. The quantitative estimate of drug-likeness (QED) is 0.660. The van der Waals surface area contributed by atoms with Gasteiger partial charge in [0.05, 0.1) is 5.92 Å². The molecule has 1 aromatic rings. The number of amides is 1. The van der Waals surface area contributed by atoms with Gasteiger partial charge in [-0.15, -0.1) is 0 Å². The van der Waals surface area contributed by atoms with Gasteiger partial charge in [-0.1, -0.05) is 43.7 Å². The van der Waals surface area contributed by atoms with E-state index in [1.54, 1.807) is 0 Å². The number of thiocarbonyl (C=S) groups is 1. The van der Waals surface area contributed by atoms with Crippen molar-refractivity contribution in [3.8, 4) is 0 Å². The highest BCUT2D eigenvalue weighted by Gasteiger charge is 2.60. The van der Waals surface area contributed by atoms with Crippen molar-refractivity contribution in [1.29, 1.82) is 0 Å². The predicted octanol–water partition coefficient (Wildman–Crippen LogP) is 3.74. The molecule has 2 N–H and O–H groups in total. The zero-order valence-corrected chi connectivity index (χ0v) is 13.8. The van der Waals surface area contributed by atoms with Gasteiger partial charge in [-0.2, -0.15) is 0 Å². The van der Waals surface area contributed by atoms with Crippen LogP contribution in [0.5, 0.6) is 0 Å². The average Bonchev–Trinajstić information content (AvgIpc) is 2.90. The normalized spacial score (nSPS) is 22.1. The number of para-hydroxylation sites is 1. The summed E-state index contributed by atoms with van der Waals surface area (Å²) in [5.41, 5.74) is 2.12. The summed E-state index contributed by atoms with van der Waals surface area (Å²) in [4.78, 5) is 12.3. The van der Waals surface area contributed by atoms with Crippen molar-refractivity contribution in [3.05, 3.63) is 42.0 Å². The number of hydrogen-bond acceptors (Lipinski definition) is 2. The molecule has 21 heavy (non-hydrogen) atoms. The lowest BCUT2D eigenvalue weighted by molar-refractivity contribution is -0.121. The van der Waals surface area contributed by atoms with Gasteiger partial charge in [0, 0.05) is 5.69 Å². The maximum atomic E-state index is 12.3. The van der Waals surface area contributed by atoms with Crippen LogP contribution in [-0.4, -0.2) is 11.0 Å². The summed E-state index contributed by atoms with van der Waals surface area (Å²) < 4.78 is 0. The summed E-state index contributed by atoms with van der Waals surface area (Å²) in [5, 5.41) is 6.18. The van der Waals surface area contributed by atoms with Crippen LogP contribution in [0.15, 0.2) is 42.0 Å². The number of nitrogens with one attached hydrogen (secondary N) is 2. The number of hydrogen-bond donors (Lipinski definition) is 2. The number of carbonyl (C=O) groups is 1. The van der Waals surface area contributed by atoms with E-state index in [1.807, 2.05) is 30.3 Å². The Morgan fingerprint density at radius 2 is 1.86 bits per heavy atom. The van der Waals surface area contributed by atoms with Crippen molar-refractivity contribution in [1.82, 2.24) is 5.32 Å². The molecule has 2 atom stereocenters. The minimum atomic E-state index is -0.0112. The first-order valence-corrected chi connectivity index (χ1v) is 7.55. The zero-order chi connectivity index (χ0) is 15.6. The molecule has 1 aliphatic carbocycles. The molecule has 1 fully saturated rings. The van der Waals surface area contributed by atoms with E-state index in [9.17, 15) is 4.79 Å². The number of carbonyl (C=O) groups excluding carboxylic acids is 1. The fourth-order valence-corrected chi connectivity index (χ4v) is 2.94. The van der Waals surface area contributed by atoms with Gasteiger partial charge in [-0.3, -0.25) is 4.79 Å². The summed E-state index contributed by atoms with van der Waals surface area (Å²) in [6.07, 6.45) is 2.18. The molecule has 4 heteroatoms. The van der Waals surface area contributed by atoms with Crippen molar-refractivity contribution in [2.75, 3.05) is 5.32 Å². The number of allylic oxidation sites excluding steroid dienone is 2. The van der Waals surface area contributed by atoms with Gasteiger partial charge in [0.1, 0.15) is 0 Å². The Labute approximate surface area is 131 Å². The van der Waals surface area contributed by atoms with Crippen LogP contribution in [0.25, 0.3) is 0 Å². The van der Waals surface area contributed by atoms with Crippen LogP contribution in [-0.2, 0) is 4.79 Å². The van der Waals surface area contributed by atoms with E-state index >= 15 is 0 Å². The minimum Gasteiger partial charge on any atom is -0.332 e. The zero-order valence-electron chi connectivity index (χ0n) is 12.9. The van der Waals surface area contributed by atoms with Gasteiger partial charge in [0.25, 0.3) is 0 Å². The average molecular weight is 302 g/mol. The van der Waals surface area contributed by atoms with Gasteiger partial charge in [0.2, 0.25) is 5.91 Å². The second-order valence-corrected chi connectivity index (χ2v) is 6.79. The Balaban J connectivity index is 1.93. The van der Waals surface area contributed by atoms with E-state index < -0.39 is 0 Å². The molecule has 0 aromatic heterocycles. The topological polar surface area (TPSA) is 41.1 Å². The number of anilines is 1. The Bertz CT molecular complexity index is 574. The molecule has 2 rings (SSSR count). The lowest BCUT2D eigenvalue weighted by Gasteiger charge is -2.09. The second-order valence-electron chi connectivity index (χ2n) is 6.38. The molecule has 0 radical (unpaired) electrons. The molecule has 112 valence electrons. The maximum absolute atomic E-state index is 12.3. The Hall–Kier alpha value is -1.68. The molecule has 0 heterocycles. The smallest absolute Gasteiger partial charge is 0.230 e. The minimum absolute atomic E-state index is 0.00368. The molecule has 3 nitrogen and oxygen atoms in total. The van der Waals surface area contributed by atoms with Crippen LogP contribution >= 0.6 is 12.2 Å². The van der Waals surface area contributed by atoms with Gasteiger partial charge < -0.3 is 10.6 Å². The van der Waals surface area contributed by atoms with Gasteiger partial charge in [-0.25, -0.2) is 0 Å². The SMILES string of the molecule is CC(C)=CC1C(C(=O)NC(=S)Nc2ccccc2)C1(C)C. The lowest BCUT2D eigenvalue weighted by Crippen LogP contribution is -2.36. The third-order valence-electron chi connectivity index (χ3n) is 3.97. The van der Waals surface area contributed by atoms with E-state index in [2.05, 4.69) is 44.4 Å². The first kappa shape index (κ1) is 15.7. The van der Waals surface area contributed by atoms with Crippen molar-refractivity contribution >= 4 is 28.9 Å². The number of rotatable bonds is 3. The molecule has 0 spiro atoms. The molecule has 0 bridgehead atoms. The van der Waals surface area contributed by atoms with Crippen LogP contribution in [0.4, 0.5) is 5.69 Å². The van der Waals surface area contributed by atoms with E-state index in [4.69, 9.17) is 12.2 Å². The van der Waals surface area contributed by atoms with Crippen molar-refractivity contribution < 1.29 is 4.79 Å². The fourth-order valence-electron chi connectivity index (χ4n) is 2.72. The lowest BCUT2D eigenvalue weighted by atomic mass is 10.1. The van der Waals surface area contributed by atoms with Crippen LogP contribution in [0.1, 0.15) is 27.7 Å². The predicted molar refractivity (Wildman–Crippen MR) is 91.0 cm³/mol. The highest BCUT2D eigenvalue weighted by molar-refractivity contribution is 7.80. The van der Waals surface area contributed by atoms with Crippen LogP contribution in [0, 0.1) is 17.3 Å². The van der Waals surface area contributed by atoms with Gasteiger partial charge in [0.15, 0.2) is 5.11 Å². The maximum Gasteiger partial charge on any atom is 0.230 e. The summed E-state index contributed by atoms with van der Waals surface area (Å²) in [7, 11) is 0. The molecular weight excluding hydrogens is 280 g/mol. The molecular formula is C17H22N2OS. The largest absolute Gasteiger partial charge is 0.332 e. The van der Waals surface area contributed by atoms with Crippen LogP contribution < -0.4 is 10.6 Å². The first-order valence-electron chi connectivity index (χ1n) is 7.14. The Morgan fingerprint density at radius 3 is 2.43 bits per heavy atom. The van der Waals surface area contributed by atoms with Gasteiger partial charge in [-0.05, 0) is 49.5 Å². The Morgan fingerprint density at radius 1 is 1.24 bits per heavy atom. The van der Waals surface area contributed by atoms with Crippen molar-refractivity contribution in [2.24, 2.45) is 17.3 Å².